The fourth-order valence-electron chi connectivity index (χ4n) is 6.58. The highest BCUT2D eigenvalue weighted by Gasteiger charge is 2.48. The topological polar surface area (TPSA) is 91.1 Å². The number of piperazine rings is 1. The minimum atomic E-state index is -3.27. The van der Waals surface area contributed by atoms with Gasteiger partial charge < -0.3 is 14.2 Å². The van der Waals surface area contributed by atoms with E-state index in [1.165, 1.54) is 10.6 Å². The minimum Gasteiger partial charge on any atom is -0.459 e. The van der Waals surface area contributed by atoms with Gasteiger partial charge in [0.05, 0.1) is 23.6 Å². The summed E-state index contributed by atoms with van der Waals surface area (Å²) >= 11 is 0. The molecule has 8 nitrogen and oxygen atoms in total. The Morgan fingerprint density at radius 3 is 2.42 bits per heavy atom. The molecule has 0 aromatic carbocycles. The summed E-state index contributed by atoms with van der Waals surface area (Å²) in [7, 11) is -0.0467. The first-order valence-electron chi connectivity index (χ1n) is 12.2. The number of amides is 2. The van der Waals surface area contributed by atoms with E-state index in [1.54, 1.807) is 33.2 Å². The van der Waals surface area contributed by atoms with Crippen LogP contribution in [0.15, 0.2) is 22.8 Å². The van der Waals surface area contributed by atoms with E-state index in [0.29, 0.717) is 37.0 Å². The average molecular weight is 480 g/mol. The molecule has 0 bridgehead atoms. The highest BCUT2D eigenvalue weighted by atomic mass is 32.2. The molecule has 5 unspecified atom stereocenters. The molecule has 4 rings (SSSR count). The second kappa shape index (κ2) is 9.41. The van der Waals surface area contributed by atoms with E-state index < -0.39 is 10.0 Å². The van der Waals surface area contributed by atoms with Crippen LogP contribution in [-0.4, -0.2) is 78.4 Å². The summed E-state index contributed by atoms with van der Waals surface area (Å²) in [5.74, 6) is 0.929. The van der Waals surface area contributed by atoms with Crippen LogP contribution in [0.5, 0.6) is 0 Å². The van der Waals surface area contributed by atoms with Crippen molar-refractivity contribution in [2.24, 2.45) is 11.8 Å². The van der Waals surface area contributed by atoms with E-state index in [4.69, 9.17) is 4.42 Å². The Bertz CT molecular complexity index is 961. The normalized spacial score (nSPS) is 33.1. The molecule has 2 saturated carbocycles. The number of fused-ring (bicyclic) bond motifs is 1. The Morgan fingerprint density at radius 1 is 1.06 bits per heavy atom. The van der Waals surface area contributed by atoms with Gasteiger partial charge in [0, 0.05) is 33.6 Å². The molecule has 33 heavy (non-hydrogen) atoms. The Balaban J connectivity index is 1.56. The van der Waals surface area contributed by atoms with Crippen molar-refractivity contribution < 1.29 is 22.4 Å². The Labute approximate surface area is 197 Å². The molecule has 1 aromatic heterocycles. The van der Waals surface area contributed by atoms with Gasteiger partial charge in [0.25, 0.3) is 5.91 Å². The summed E-state index contributed by atoms with van der Waals surface area (Å²) in [6.07, 6.45) is 7.45. The molecule has 184 valence electrons. The summed E-state index contributed by atoms with van der Waals surface area (Å²) < 4.78 is 32.3. The van der Waals surface area contributed by atoms with E-state index in [-0.39, 0.29) is 35.2 Å². The van der Waals surface area contributed by atoms with Crippen molar-refractivity contribution in [3.63, 3.8) is 0 Å². The van der Waals surface area contributed by atoms with Crippen molar-refractivity contribution >= 4 is 21.8 Å². The number of carbonyl (C=O) groups excluding carboxylic acids is 2. The molecule has 0 radical (unpaired) electrons. The highest BCUT2D eigenvalue weighted by Crippen LogP contribution is 2.44. The van der Waals surface area contributed by atoms with Gasteiger partial charge in [-0.1, -0.05) is 12.8 Å². The second-order valence-corrected chi connectivity index (χ2v) is 12.7. The first-order valence-corrected chi connectivity index (χ1v) is 13.7. The first kappa shape index (κ1) is 24.3. The number of furan rings is 1. The van der Waals surface area contributed by atoms with Crippen molar-refractivity contribution in [2.75, 3.05) is 20.6 Å². The van der Waals surface area contributed by atoms with Gasteiger partial charge in [-0.25, -0.2) is 12.7 Å². The molecule has 2 aliphatic carbocycles. The molecule has 1 aliphatic heterocycles. The van der Waals surface area contributed by atoms with E-state index in [0.717, 1.165) is 32.1 Å². The number of nitrogens with zero attached hydrogens (tertiary/aromatic N) is 3. The lowest BCUT2D eigenvalue weighted by molar-refractivity contribution is -0.142. The van der Waals surface area contributed by atoms with Crippen LogP contribution in [0.3, 0.4) is 0 Å². The SMILES string of the molecule is CC(=O)N1C2CCC(C3CCCC(S(=O)(=O)N(C)C)C3)CC2N(C(=O)c2ccco2)C[C@@H]1C. The maximum atomic E-state index is 13.3. The molecule has 2 amide bonds. The molecule has 3 aliphatic rings. The predicted molar refractivity (Wildman–Crippen MR) is 125 cm³/mol. The summed E-state index contributed by atoms with van der Waals surface area (Å²) in [5, 5.41) is -0.329. The monoisotopic (exact) mass is 479 g/mol. The summed E-state index contributed by atoms with van der Waals surface area (Å²) in [5.41, 5.74) is 0. The molecule has 3 fully saturated rings. The van der Waals surface area contributed by atoms with Crippen molar-refractivity contribution in [1.82, 2.24) is 14.1 Å². The molecular formula is C24H37N3O5S. The van der Waals surface area contributed by atoms with E-state index >= 15 is 0 Å². The van der Waals surface area contributed by atoms with Gasteiger partial charge in [-0.15, -0.1) is 0 Å². The van der Waals surface area contributed by atoms with Crippen molar-refractivity contribution in [3.05, 3.63) is 24.2 Å². The maximum absolute atomic E-state index is 13.3. The van der Waals surface area contributed by atoms with Crippen molar-refractivity contribution in [1.29, 1.82) is 0 Å². The van der Waals surface area contributed by atoms with Crippen molar-refractivity contribution in [3.8, 4) is 0 Å². The van der Waals surface area contributed by atoms with Gasteiger partial charge in [0.15, 0.2) is 5.76 Å². The quantitative estimate of drug-likeness (QED) is 0.662. The number of rotatable bonds is 4. The van der Waals surface area contributed by atoms with Crippen molar-refractivity contribution in [2.45, 2.75) is 82.2 Å². The largest absolute Gasteiger partial charge is 0.459 e. The van der Waals surface area contributed by atoms with Crippen LogP contribution in [0.2, 0.25) is 0 Å². The first-order chi connectivity index (χ1) is 15.6. The van der Waals surface area contributed by atoms with E-state index in [2.05, 4.69) is 0 Å². The molecule has 9 heteroatoms. The van der Waals surface area contributed by atoms with Crippen LogP contribution in [0, 0.1) is 11.8 Å². The number of hydrogen-bond donors (Lipinski definition) is 0. The maximum Gasteiger partial charge on any atom is 0.289 e. The second-order valence-electron chi connectivity index (χ2n) is 10.3. The predicted octanol–water partition coefficient (Wildman–Crippen LogP) is 2.96. The molecule has 2 heterocycles. The van der Waals surface area contributed by atoms with E-state index in [9.17, 15) is 18.0 Å². The van der Waals surface area contributed by atoms with Gasteiger partial charge in [-0.2, -0.15) is 0 Å². The third-order valence-corrected chi connectivity index (χ3v) is 10.4. The highest BCUT2D eigenvalue weighted by molar-refractivity contribution is 7.89. The molecule has 0 spiro atoms. The van der Waals surface area contributed by atoms with Crippen LogP contribution in [0.25, 0.3) is 0 Å². The van der Waals surface area contributed by atoms with Gasteiger partial charge >= 0.3 is 0 Å². The molecule has 0 N–H and O–H groups in total. The van der Waals surface area contributed by atoms with Crippen LogP contribution in [0.1, 0.15) is 69.3 Å². The average Bonchev–Trinajstić information content (AvgIpc) is 3.32. The molecule has 6 atom stereocenters. The molecule has 1 saturated heterocycles. The smallest absolute Gasteiger partial charge is 0.289 e. The van der Waals surface area contributed by atoms with Crippen LogP contribution < -0.4 is 0 Å². The number of carbonyl (C=O) groups is 2. The Kier molecular flexibility index (Phi) is 6.92. The van der Waals surface area contributed by atoms with Gasteiger partial charge in [0.1, 0.15) is 0 Å². The third kappa shape index (κ3) is 4.58. The lowest BCUT2D eigenvalue weighted by atomic mass is 9.69. The standard InChI is InChI=1S/C24H37N3O5S/c1-16-15-26(24(29)23-9-6-12-32-23)22-14-19(10-11-21(22)27(16)17(2)28)18-7-5-8-20(13-18)33(30,31)25(3)4/h6,9,12,16,18-22H,5,7-8,10-11,13-15H2,1-4H3/t16-,18?,19?,20?,21?,22?/m0/s1. The lowest BCUT2D eigenvalue weighted by Crippen LogP contribution is -2.67. The van der Waals surface area contributed by atoms with Gasteiger partial charge in [0.2, 0.25) is 15.9 Å². The fourth-order valence-corrected chi connectivity index (χ4v) is 8.13. The van der Waals surface area contributed by atoms with E-state index in [1.807, 2.05) is 16.7 Å². The summed E-state index contributed by atoms with van der Waals surface area (Å²) in [6, 6.07) is 3.27. The molecule has 1 aromatic rings. The number of hydrogen-bond acceptors (Lipinski definition) is 5. The molecular weight excluding hydrogens is 442 g/mol. The third-order valence-electron chi connectivity index (χ3n) is 8.13. The summed E-state index contributed by atoms with van der Waals surface area (Å²) in [6.45, 7) is 4.10. The lowest BCUT2D eigenvalue weighted by Gasteiger charge is -2.54. The zero-order valence-corrected chi connectivity index (χ0v) is 21.0. The minimum absolute atomic E-state index is 0.00805. The Hall–Kier alpha value is -1.87. The summed E-state index contributed by atoms with van der Waals surface area (Å²) in [4.78, 5) is 29.7. The Morgan fingerprint density at radius 2 is 1.79 bits per heavy atom. The van der Waals surface area contributed by atoms with Crippen LogP contribution in [-0.2, 0) is 14.8 Å². The fraction of sp³-hybridized carbons (Fsp3) is 0.750. The van der Waals surface area contributed by atoms with Crippen LogP contribution in [0.4, 0.5) is 0 Å². The number of sulfonamides is 1. The van der Waals surface area contributed by atoms with Gasteiger partial charge in [-0.05, 0) is 63.0 Å². The zero-order valence-electron chi connectivity index (χ0n) is 20.1. The van der Waals surface area contributed by atoms with Crippen LogP contribution >= 0.6 is 0 Å². The zero-order chi connectivity index (χ0) is 23.9. The van der Waals surface area contributed by atoms with Gasteiger partial charge in [-0.3, -0.25) is 9.59 Å².